The number of rotatable bonds is 5. The SMILES string of the molecule is CN(C)c1ccc(C=CC=C=CC2N([C@H]3NCCO3)c3ccc(Cl)cc3C2(C)C)cc1. The van der Waals surface area contributed by atoms with E-state index in [-0.39, 0.29) is 17.8 Å². The number of hydrogen-bond donors (Lipinski definition) is 1. The van der Waals surface area contributed by atoms with Crippen molar-refractivity contribution in [3.63, 3.8) is 0 Å². The van der Waals surface area contributed by atoms with Gasteiger partial charge in [0.1, 0.15) is 0 Å². The molecule has 31 heavy (non-hydrogen) atoms. The number of allylic oxidation sites excluding steroid dienone is 1. The predicted molar refractivity (Wildman–Crippen MR) is 131 cm³/mol. The normalized spacial score (nSPS) is 21.8. The van der Waals surface area contributed by atoms with Gasteiger partial charge in [-0.1, -0.05) is 49.7 Å². The van der Waals surface area contributed by atoms with Crippen LogP contribution in [-0.4, -0.2) is 39.6 Å². The third-order valence-electron chi connectivity index (χ3n) is 6.06. The molecule has 4 rings (SSSR count). The zero-order valence-electron chi connectivity index (χ0n) is 18.6. The summed E-state index contributed by atoms with van der Waals surface area (Å²) in [6.07, 6.45) is 8.08. The minimum absolute atomic E-state index is 0.0978. The van der Waals surface area contributed by atoms with E-state index < -0.39 is 0 Å². The number of benzene rings is 2. The number of fused-ring (bicyclic) bond motifs is 1. The quantitative estimate of drug-likeness (QED) is 0.516. The van der Waals surface area contributed by atoms with Crippen LogP contribution in [0.1, 0.15) is 25.0 Å². The standard InChI is InChI=1S/C26H30ClN3O/c1-26(2)22-18-20(27)12-15-23(22)30(25-28-16-17-31-25)24(26)9-7-5-6-8-19-10-13-21(14-11-19)29(3)4/h5-6,8-15,18,24-25,28H,16-17H2,1-4H3/t7?,24?,25-/m1/s1. The number of anilines is 2. The second-order valence-electron chi connectivity index (χ2n) is 8.76. The molecule has 0 saturated carbocycles. The Morgan fingerprint density at radius 1 is 1.19 bits per heavy atom. The smallest absolute Gasteiger partial charge is 0.187 e. The Labute approximate surface area is 190 Å². The first-order valence-electron chi connectivity index (χ1n) is 10.7. The van der Waals surface area contributed by atoms with Crippen LogP contribution in [0.2, 0.25) is 5.02 Å². The van der Waals surface area contributed by atoms with Gasteiger partial charge in [0.25, 0.3) is 0 Å². The molecule has 1 unspecified atom stereocenters. The number of nitrogens with one attached hydrogen (secondary N) is 1. The van der Waals surface area contributed by atoms with Crippen LogP contribution in [0, 0.1) is 0 Å². The summed E-state index contributed by atoms with van der Waals surface area (Å²) in [5.74, 6) is 0. The maximum absolute atomic E-state index is 6.33. The van der Waals surface area contributed by atoms with E-state index in [1.165, 1.54) is 11.3 Å². The topological polar surface area (TPSA) is 27.7 Å². The van der Waals surface area contributed by atoms with Crippen LogP contribution in [0.5, 0.6) is 0 Å². The first-order chi connectivity index (χ1) is 14.9. The summed E-state index contributed by atoms with van der Waals surface area (Å²) in [6, 6.07) is 14.7. The van der Waals surface area contributed by atoms with Gasteiger partial charge >= 0.3 is 0 Å². The van der Waals surface area contributed by atoms with Gasteiger partial charge in [0.15, 0.2) is 6.35 Å². The third kappa shape index (κ3) is 4.44. The van der Waals surface area contributed by atoms with Crippen molar-refractivity contribution in [1.29, 1.82) is 0 Å². The molecule has 0 radical (unpaired) electrons. The Bertz CT molecular complexity index is 1010. The fourth-order valence-electron chi connectivity index (χ4n) is 4.30. The molecule has 0 amide bonds. The van der Waals surface area contributed by atoms with Gasteiger partial charge in [-0.15, -0.1) is 5.73 Å². The van der Waals surface area contributed by atoms with Crippen molar-refractivity contribution in [2.24, 2.45) is 0 Å². The highest BCUT2D eigenvalue weighted by atomic mass is 35.5. The molecule has 2 aliphatic heterocycles. The molecule has 2 aliphatic rings. The van der Waals surface area contributed by atoms with Crippen LogP contribution in [0.4, 0.5) is 11.4 Å². The van der Waals surface area contributed by atoms with Gasteiger partial charge < -0.3 is 14.5 Å². The van der Waals surface area contributed by atoms with Crippen molar-refractivity contribution in [2.75, 3.05) is 37.0 Å². The monoisotopic (exact) mass is 435 g/mol. The second kappa shape index (κ2) is 8.94. The van der Waals surface area contributed by atoms with Gasteiger partial charge in [-0.05, 0) is 53.6 Å². The van der Waals surface area contributed by atoms with Crippen LogP contribution in [0.3, 0.4) is 0 Å². The van der Waals surface area contributed by atoms with E-state index in [1.807, 2.05) is 32.3 Å². The van der Waals surface area contributed by atoms with Crippen LogP contribution in [0.25, 0.3) is 6.08 Å². The molecular weight excluding hydrogens is 406 g/mol. The number of hydrogen-bond acceptors (Lipinski definition) is 4. The average Bonchev–Trinajstić information content (AvgIpc) is 3.34. The summed E-state index contributed by atoms with van der Waals surface area (Å²) < 4.78 is 5.97. The molecule has 0 spiro atoms. The van der Waals surface area contributed by atoms with Crippen molar-refractivity contribution in [2.45, 2.75) is 31.7 Å². The molecule has 0 aliphatic carbocycles. The molecule has 5 heteroatoms. The van der Waals surface area contributed by atoms with E-state index in [4.69, 9.17) is 16.3 Å². The highest BCUT2D eigenvalue weighted by Crippen LogP contribution is 2.47. The Kier molecular flexibility index (Phi) is 6.27. The summed E-state index contributed by atoms with van der Waals surface area (Å²) in [6.45, 7) is 6.07. The highest BCUT2D eigenvalue weighted by Gasteiger charge is 2.46. The van der Waals surface area contributed by atoms with Crippen molar-refractivity contribution in [3.05, 3.63) is 82.6 Å². The Morgan fingerprint density at radius 3 is 2.65 bits per heavy atom. The van der Waals surface area contributed by atoms with Gasteiger partial charge in [0.05, 0.1) is 12.6 Å². The van der Waals surface area contributed by atoms with E-state index >= 15 is 0 Å². The molecule has 1 N–H and O–H groups in total. The van der Waals surface area contributed by atoms with E-state index in [0.29, 0.717) is 6.61 Å². The minimum Gasteiger partial charge on any atom is -0.378 e. The van der Waals surface area contributed by atoms with Crippen molar-refractivity contribution >= 4 is 29.1 Å². The summed E-state index contributed by atoms with van der Waals surface area (Å²) in [5, 5.41) is 4.21. The molecule has 2 aromatic carbocycles. The van der Waals surface area contributed by atoms with Crippen LogP contribution in [0.15, 0.2) is 66.4 Å². The molecule has 2 heterocycles. The van der Waals surface area contributed by atoms with Crippen molar-refractivity contribution in [3.8, 4) is 0 Å². The first kappa shape index (κ1) is 21.7. The molecule has 0 bridgehead atoms. The largest absolute Gasteiger partial charge is 0.378 e. The third-order valence-corrected chi connectivity index (χ3v) is 6.30. The molecule has 4 nitrogen and oxygen atoms in total. The maximum atomic E-state index is 6.33. The first-order valence-corrected chi connectivity index (χ1v) is 11.1. The fraction of sp³-hybridized carbons (Fsp3) is 0.346. The number of ether oxygens (including phenoxy) is 1. The molecule has 1 saturated heterocycles. The molecule has 1 fully saturated rings. The van der Waals surface area contributed by atoms with Gasteiger partial charge in [-0.3, -0.25) is 5.32 Å². The van der Waals surface area contributed by atoms with Gasteiger partial charge in [-0.25, -0.2) is 0 Å². The molecular formula is C26H30ClN3O. The van der Waals surface area contributed by atoms with Crippen LogP contribution >= 0.6 is 11.6 Å². The zero-order chi connectivity index (χ0) is 22.0. The summed E-state index contributed by atoms with van der Waals surface area (Å²) >= 11 is 6.33. The molecule has 2 aromatic rings. The second-order valence-corrected chi connectivity index (χ2v) is 9.19. The van der Waals surface area contributed by atoms with Crippen molar-refractivity contribution in [1.82, 2.24) is 5.32 Å². The van der Waals surface area contributed by atoms with Crippen molar-refractivity contribution < 1.29 is 4.74 Å². The summed E-state index contributed by atoms with van der Waals surface area (Å²) in [4.78, 5) is 4.41. The zero-order valence-corrected chi connectivity index (χ0v) is 19.4. The molecule has 162 valence electrons. The number of nitrogens with zero attached hydrogens (tertiary/aromatic N) is 2. The van der Waals surface area contributed by atoms with E-state index in [1.54, 1.807) is 0 Å². The van der Waals surface area contributed by atoms with Crippen LogP contribution < -0.4 is 15.1 Å². The number of halogens is 1. The minimum atomic E-state index is -0.143. The Hall–Kier alpha value is -2.49. The summed E-state index contributed by atoms with van der Waals surface area (Å²) in [7, 11) is 4.09. The lowest BCUT2D eigenvalue weighted by atomic mass is 9.80. The fourth-order valence-corrected chi connectivity index (χ4v) is 4.47. The van der Waals surface area contributed by atoms with Gasteiger partial charge in [-0.2, -0.15) is 0 Å². The van der Waals surface area contributed by atoms with E-state index in [0.717, 1.165) is 22.8 Å². The van der Waals surface area contributed by atoms with Gasteiger partial charge in [0, 0.05) is 42.5 Å². The van der Waals surface area contributed by atoms with E-state index in [2.05, 4.69) is 83.2 Å². The summed E-state index contributed by atoms with van der Waals surface area (Å²) in [5.41, 5.74) is 8.01. The van der Waals surface area contributed by atoms with Gasteiger partial charge in [0.2, 0.25) is 0 Å². The highest BCUT2D eigenvalue weighted by molar-refractivity contribution is 6.30. The molecule has 0 aromatic heterocycles. The Balaban J connectivity index is 1.57. The lowest BCUT2D eigenvalue weighted by Crippen LogP contribution is -2.50. The maximum Gasteiger partial charge on any atom is 0.187 e. The lowest BCUT2D eigenvalue weighted by Gasteiger charge is -2.35. The van der Waals surface area contributed by atoms with Crippen LogP contribution in [-0.2, 0) is 10.2 Å². The Morgan fingerprint density at radius 2 is 1.97 bits per heavy atom. The predicted octanol–water partition coefficient (Wildman–Crippen LogP) is 5.20. The lowest BCUT2D eigenvalue weighted by molar-refractivity contribution is 0.0916. The average molecular weight is 436 g/mol. The molecule has 2 atom stereocenters. The van der Waals surface area contributed by atoms with E-state index in [9.17, 15) is 0 Å².